The first kappa shape index (κ1) is 26.1. The highest BCUT2D eigenvalue weighted by molar-refractivity contribution is 6.05. The highest BCUT2D eigenvalue weighted by Gasteiger charge is 2.18. The van der Waals surface area contributed by atoms with Gasteiger partial charge in [-0.05, 0) is 30.3 Å². The van der Waals surface area contributed by atoms with Crippen molar-refractivity contribution in [2.75, 3.05) is 39.4 Å². The fraction of sp³-hybridized carbons (Fsp3) is 0.194. The van der Waals surface area contributed by atoms with E-state index in [0.717, 1.165) is 24.3 Å². The summed E-state index contributed by atoms with van der Waals surface area (Å²) in [6, 6.07) is 28.4. The molecule has 39 heavy (non-hydrogen) atoms. The monoisotopic (exact) mass is 521 g/mol. The van der Waals surface area contributed by atoms with Crippen LogP contribution >= 0.6 is 0 Å². The van der Waals surface area contributed by atoms with Gasteiger partial charge in [-0.25, -0.2) is 4.68 Å². The summed E-state index contributed by atoms with van der Waals surface area (Å²) in [5.41, 5.74) is 3.81. The van der Waals surface area contributed by atoms with Crippen LogP contribution in [0.2, 0.25) is 0 Å². The fourth-order valence-corrected chi connectivity index (χ4v) is 4.37. The lowest BCUT2D eigenvalue weighted by Crippen LogP contribution is -2.42. The van der Waals surface area contributed by atoms with E-state index in [4.69, 9.17) is 9.84 Å². The number of aromatic nitrogens is 2. The molecule has 198 valence electrons. The molecule has 2 heterocycles. The number of para-hydroxylation sites is 1. The molecule has 1 fully saturated rings. The standard InChI is InChI=1S/C31H31N5O3/c37-30(25-12-6-2-7-13-25)33-28(31(38)32-16-17-35-18-20-39-21-19-35)22-26-23-36(27-14-8-3-9-15-27)34-29(26)24-10-4-1-5-11-24/h1-15,22-23H,16-21H2,(H,32,38)(H,33,37)/b28-22-. The van der Waals surface area contributed by atoms with Crippen LogP contribution in [0, 0.1) is 0 Å². The van der Waals surface area contributed by atoms with Gasteiger partial charge < -0.3 is 15.4 Å². The summed E-state index contributed by atoms with van der Waals surface area (Å²) in [6.07, 6.45) is 3.56. The van der Waals surface area contributed by atoms with Crippen LogP contribution in [0.1, 0.15) is 15.9 Å². The normalized spacial score (nSPS) is 14.1. The van der Waals surface area contributed by atoms with Crippen molar-refractivity contribution in [1.29, 1.82) is 0 Å². The molecule has 1 aliphatic heterocycles. The van der Waals surface area contributed by atoms with E-state index in [2.05, 4.69) is 15.5 Å². The smallest absolute Gasteiger partial charge is 0.267 e. The number of amides is 2. The number of hydrogen-bond donors (Lipinski definition) is 2. The topological polar surface area (TPSA) is 88.5 Å². The molecule has 1 aliphatic rings. The number of carbonyl (C=O) groups excluding carboxylic acids is 2. The molecule has 2 N–H and O–H groups in total. The molecular formula is C31H31N5O3. The number of ether oxygens (including phenoxy) is 1. The van der Waals surface area contributed by atoms with E-state index >= 15 is 0 Å². The van der Waals surface area contributed by atoms with Crippen molar-refractivity contribution in [3.05, 3.63) is 114 Å². The third kappa shape index (κ3) is 6.87. The summed E-state index contributed by atoms with van der Waals surface area (Å²) in [6.45, 7) is 4.22. The molecule has 1 saturated heterocycles. The number of nitrogens with one attached hydrogen (secondary N) is 2. The third-order valence-corrected chi connectivity index (χ3v) is 6.46. The number of carbonyl (C=O) groups is 2. The van der Waals surface area contributed by atoms with Crippen molar-refractivity contribution in [3.8, 4) is 16.9 Å². The molecular weight excluding hydrogens is 490 g/mol. The third-order valence-electron chi connectivity index (χ3n) is 6.46. The van der Waals surface area contributed by atoms with Crippen LogP contribution in [-0.2, 0) is 9.53 Å². The summed E-state index contributed by atoms with van der Waals surface area (Å²) < 4.78 is 7.18. The molecule has 0 aliphatic carbocycles. The van der Waals surface area contributed by atoms with Crippen LogP contribution < -0.4 is 10.6 Å². The first-order valence-corrected chi connectivity index (χ1v) is 13.0. The van der Waals surface area contributed by atoms with Crippen LogP contribution in [0.5, 0.6) is 0 Å². The molecule has 0 radical (unpaired) electrons. The van der Waals surface area contributed by atoms with Gasteiger partial charge in [0.2, 0.25) is 0 Å². The molecule has 0 unspecified atom stereocenters. The van der Waals surface area contributed by atoms with Crippen molar-refractivity contribution in [2.24, 2.45) is 0 Å². The van der Waals surface area contributed by atoms with E-state index < -0.39 is 0 Å². The van der Waals surface area contributed by atoms with Crippen molar-refractivity contribution < 1.29 is 14.3 Å². The van der Waals surface area contributed by atoms with E-state index in [1.165, 1.54) is 0 Å². The largest absolute Gasteiger partial charge is 0.379 e. The zero-order valence-corrected chi connectivity index (χ0v) is 21.6. The molecule has 4 aromatic rings. The summed E-state index contributed by atoms with van der Waals surface area (Å²) in [5.74, 6) is -0.721. The Morgan fingerprint density at radius 3 is 2.21 bits per heavy atom. The van der Waals surface area contributed by atoms with E-state index in [1.54, 1.807) is 35.0 Å². The van der Waals surface area contributed by atoms with Gasteiger partial charge in [-0.1, -0.05) is 66.7 Å². The number of rotatable bonds is 9. The quantitative estimate of drug-likeness (QED) is 0.328. The average molecular weight is 522 g/mol. The number of morpholine rings is 1. The Kier molecular flexibility index (Phi) is 8.58. The van der Waals surface area contributed by atoms with Crippen LogP contribution in [0.25, 0.3) is 23.0 Å². The van der Waals surface area contributed by atoms with Crippen molar-refractivity contribution in [2.45, 2.75) is 0 Å². The Balaban J connectivity index is 1.46. The Bertz CT molecular complexity index is 1410. The minimum absolute atomic E-state index is 0.149. The maximum absolute atomic E-state index is 13.4. The molecule has 1 aromatic heterocycles. The molecule has 3 aromatic carbocycles. The van der Waals surface area contributed by atoms with Gasteiger partial charge in [0.25, 0.3) is 11.8 Å². The molecule has 8 heteroatoms. The van der Waals surface area contributed by atoms with Crippen LogP contribution in [0.3, 0.4) is 0 Å². The molecule has 0 atom stereocenters. The Labute approximate surface area is 227 Å². The maximum atomic E-state index is 13.4. The van der Waals surface area contributed by atoms with Gasteiger partial charge in [0.1, 0.15) is 11.4 Å². The van der Waals surface area contributed by atoms with Crippen molar-refractivity contribution in [3.63, 3.8) is 0 Å². The van der Waals surface area contributed by atoms with E-state index in [-0.39, 0.29) is 17.5 Å². The Hall–Kier alpha value is -4.53. The molecule has 2 amide bonds. The van der Waals surface area contributed by atoms with Crippen LogP contribution in [0.15, 0.2) is 103 Å². The second-order valence-corrected chi connectivity index (χ2v) is 9.17. The lowest BCUT2D eigenvalue weighted by Gasteiger charge is -2.26. The van der Waals surface area contributed by atoms with Gasteiger partial charge in [0, 0.05) is 49.1 Å². The highest BCUT2D eigenvalue weighted by atomic mass is 16.5. The van der Waals surface area contributed by atoms with Gasteiger partial charge in [-0.3, -0.25) is 14.5 Å². The van der Waals surface area contributed by atoms with Crippen LogP contribution in [0.4, 0.5) is 0 Å². The molecule has 8 nitrogen and oxygen atoms in total. The summed E-state index contributed by atoms with van der Waals surface area (Å²) in [5, 5.41) is 10.6. The molecule has 0 bridgehead atoms. The van der Waals surface area contributed by atoms with Gasteiger partial charge in [0.05, 0.1) is 18.9 Å². The Morgan fingerprint density at radius 1 is 0.872 bits per heavy atom. The number of benzene rings is 3. The molecule has 0 spiro atoms. The van der Waals surface area contributed by atoms with Gasteiger partial charge in [-0.2, -0.15) is 5.10 Å². The summed E-state index contributed by atoms with van der Waals surface area (Å²) >= 11 is 0. The number of nitrogens with zero attached hydrogens (tertiary/aromatic N) is 3. The zero-order valence-electron chi connectivity index (χ0n) is 21.6. The minimum Gasteiger partial charge on any atom is -0.379 e. The van der Waals surface area contributed by atoms with E-state index in [9.17, 15) is 9.59 Å². The SMILES string of the molecule is O=C(NCCN1CCOCC1)/C(=C/c1cn(-c2ccccc2)nc1-c1ccccc1)NC(=O)c1ccccc1. The van der Waals surface area contributed by atoms with E-state index in [1.807, 2.05) is 72.9 Å². The van der Waals surface area contributed by atoms with Crippen molar-refractivity contribution in [1.82, 2.24) is 25.3 Å². The predicted octanol–water partition coefficient (Wildman–Crippen LogP) is 3.76. The van der Waals surface area contributed by atoms with Crippen molar-refractivity contribution >= 4 is 17.9 Å². The fourth-order valence-electron chi connectivity index (χ4n) is 4.37. The first-order chi connectivity index (χ1) is 19.2. The van der Waals surface area contributed by atoms with Gasteiger partial charge in [0.15, 0.2) is 0 Å². The van der Waals surface area contributed by atoms with Crippen LogP contribution in [-0.4, -0.2) is 65.9 Å². The summed E-state index contributed by atoms with van der Waals surface area (Å²) in [7, 11) is 0. The summed E-state index contributed by atoms with van der Waals surface area (Å²) in [4.78, 5) is 28.7. The number of hydrogen-bond acceptors (Lipinski definition) is 5. The minimum atomic E-state index is -0.362. The highest BCUT2D eigenvalue weighted by Crippen LogP contribution is 2.25. The Morgan fingerprint density at radius 2 is 1.51 bits per heavy atom. The first-order valence-electron chi connectivity index (χ1n) is 13.0. The molecule has 0 saturated carbocycles. The van der Waals surface area contributed by atoms with Gasteiger partial charge >= 0.3 is 0 Å². The second kappa shape index (κ2) is 12.8. The predicted molar refractivity (Wildman–Crippen MR) is 151 cm³/mol. The molecule has 5 rings (SSSR count). The maximum Gasteiger partial charge on any atom is 0.267 e. The van der Waals surface area contributed by atoms with E-state index in [0.29, 0.717) is 43.1 Å². The zero-order chi connectivity index (χ0) is 26.9. The lowest BCUT2D eigenvalue weighted by molar-refractivity contribution is -0.117. The lowest BCUT2D eigenvalue weighted by atomic mass is 10.1. The van der Waals surface area contributed by atoms with Gasteiger partial charge in [-0.15, -0.1) is 0 Å². The second-order valence-electron chi connectivity index (χ2n) is 9.17. The average Bonchev–Trinajstić information content (AvgIpc) is 3.42.